The second kappa shape index (κ2) is 8.09. The highest BCUT2D eigenvalue weighted by Crippen LogP contribution is 2.42. The summed E-state index contributed by atoms with van der Waals surface area (Å²) in [6.07, 6.45) is 1.59. The van der Waals surface area contributed by atoms with Crippen LogP contribution in [-0.2, 0) is 11.3 Å². The fourth-order valence-electron chi connectivity index (χ4n) is 5.55. The van der Waals surface area contributed by atoms with Gasteiger partial charge in [0.15, 0.2) is 0 Å². The lowest BCUT2D eigenvalue weighted by atomic mass is 9.92. The van der Waals surface area contributed by atoms with Crippen molar-refractivity contribution in [1.29, 1.82) is 0 Å². The van der Waals surface area contributed by atoms with Gasteiger partial charge < -0.3 is 14.7 Å². The van der Waals surface area contributed by atoms with E-state index in [0.717, 1.165) is 43.6 Å². The summed E-state index contributed by atoms with van der Waals surface area (Å²) in [6, 6.07) is 19.7. The number of carbonyl (C=O) groups excluding carboxylic acids is 2. The molecule has 3 fully saturated rings. The standard InChI is InChI=1S/C25H30N4O2/c1-26-16-17-28-22(19-26)24(31)29(18-20-8-4-2-5-9-20)25(28)12-14-27(15-13-25)23(30)21-10-6-3-7-11-21/h2-11,22H,12-19H2,1H3/t22-/m1/s1. The van der Waals surface area contributed by atoms with E-state index in [1.54, 1.807) is 0 Å². The summed E-state index contributed by atoms with van der Waals surface area (Å²) in [4.78, 5) is 35.3. The quantitative estimate of drug-likeness (QED) is 0.767. The highest BCUT2D eigenvalue weighted by molar-refractivity contribution is 5.94. The van der Waals surface area contributed by atoms with Crippen molar-refractivity contribution in [1.82, 2.24) is 19.6 Å². The molecule has 1 spiro atoms. The molecule has 3 saturated heterocycles. The molecule has 0 radical (unpaired) electrons. The molecule has 31 heavy (non-hydrogen) atoms. The Labute approximate surface area is 184 Å². The fourth-order valence-corrected chi connectivity index (χ4v) is 5.55. The van der Waals surface area contributed by atoms with Crippen LogP contribution in [-0.4, -0.2) is 82.9 Å². The fraction of sp³-hybridized carbons (Fsp3) is 0.440. The van der Waals surface area contributed by atoms with Crippen LogP contribution in [0.4, 0.5) is 0 Å². The van der Waals surface area contributed by atoms with Gasteiger partial charge >= 0.3 is 0 Å². The first kappa shape index (κ1) is 20.2. The number of likely N-dealkylation sites (tertiary alicyclic amines) is 1. The number of carbonyl (C=O) groups is 2. The van der Waals surface area contributed by atoms with E-state index in [1.807, 2.05) is 53.4 Å². The van der Waals surface area contributed by atoms with Crippen LogP contribution in [0.1, 0.15) is 28.8 Å². The van der Waals surface area contributed by atoms with E-state index in [4.69, 9.17) is 0 Å². The zero-order valence-corrected chi connectivity index (χ0v) is 18.1. The zero-order valence-electron chi connectivity index (χ0n) is 18.1. The SMILES string of the molecule is CN1CCN2[C@H](C1)C(=O)N(Cc1ccccc1)C21CCN(C(=O)c2ccccc2)CC1. The molecule has 0 saturated carbocycles. The third-order valence-electron chi connectivity index (χ3n) is 7.23. The molecule has 1 atom stereocenters. The third kappa shape index (κ3) is 3.54. The lowest BCUT2D eigenvalue weighted by molar-refractivity contribution is -0.134. The van der Waals surface area contributed by atoms with E-state index in [9.17, 15) is 9.59 Å². The van der Waals surface area contributed by atoms with Gasteiger partial charge in [0, 0.05) is 57.7 Å². The molecule has 0 aromatic heterocycles. The monoisotopic (exact) mass is 418 g/mol. The number of piperazine rings is 1. The summed E-state index contributed by atoms with van der Waals surface area (Å²) in [5, 5.41) is 0. The summed E-state index contributed by atoms with van der Waals surface area (Å²) in [5.74, 6) is 0.322. The van der Waals surface area contributed by atoms with Gasteiger partial charge in [-0.2, -0.15) is 0 Å². The summed E-state index contributed by atoms with van der Waals surface area (Å²) in [7, 11) is 2.10. The molecule has 5 rings (SSSR count). The summed E-state index contributed by atoms with van der Waals surface area (Å²) >= 11 is 0. The number of rotatable bonds is 3. The van der Waals surface area contributed by atoms with Gasteiger partial charge in [0.2, 0.25) is 5.91 Å². The van der Waals surface area contributed by atoms with Gasteiger partial charge in [0.05, 0.1) is 0 Å². The van der Waals surface area contributed by atoms with Gasteiger partial charge in [-0.25, -0.2) is 0 Å². The van der Waals surface area contributed by atoms with Crippen LogP contribution < -0.4 is 0 Å². The second-order valence-electron chi connectivity index (χ2n) is 9.02. The van der Waals surface area contributed by atoms with Crippen molar-refractivity contribution < 1.29 is 9.59 Å². The molecule has 6 heteroatoms. The molecule has 3 aliphatic heterocycles. The first-order chi connectivity index (χ1) is 15.1. The largest absolute Gasteiger partial charge is 0.338 e. The maximum absolute atomic E-state index is 13.6. The molecule has 0 unspecified atom stereocenters. The number of hydrogen-bond acceptors (Lipinski definition) is 4. The minimum atomic E-state index is -0.299. The summed E-state index contributed by atoms with van der Waals surface area (Å²) in [6.45, 7) is 4.61. The van der Waals surface area contributed by atoms with Gasteiger partial charge in [-0.1, -0.05) is 48.5 Å². The molecule has 0 bridgehead atoms. The van der Waals surface area contributed by atoms with E-state index in [-0.39, 0.29) is 23.5 Å². The second-order valence-corrected chi connectivity index (χ2v) is 9.02. The van der Waals surface area contributed by atoms with Gasteiger partial charge in [-0.05, 0) is 24.7 Å². The van der Waals surface area contributed by atoms with Crippen molar-refractivity contribution in [3.8, 4) is 0 Å². The highest BCUT2D eigenvalue weighted by Gasteiger charge is 2.58. The average Bonchev–Trinajstić information content (AvgIpc) is 3.02. The number of amides is 2. The molecule has 0 aliphatic carbocycles. The van der Waals surface area contributed by atoms with Crippen molar-refractivity contribution in [3.63, 3.8) is 0 Å². The van der Waals surface area contributed by atoms with Crippen LogP contribution in [0.15, 0.2) is 60.7 Å². The van der Waals surface area contributed by atoms with E-state index in [1.165, 1.54) is 0 Å². The molecule has 3 heterocycles. The Hall–Kier alpha value is -2.70. The molecule has 2 aromatic carbocycles. The average molecular weight is 419 g/mol. The number of fused-ring (bicyclic) bond motifs is 2. The molecular weight excluding hydrogens is 388 g/mol. The van der Waals surface area contributed by atoms with Crippen molar-refractivity contribution in [2.45, 2.75) is 31.1 Å². The first-order valence-corrected chi connectivity index (χ1v) is 11.2. The molecule has 3 aliphatic rings. The van der Waals surface area contributed by atoms with E-state index in [0.29, 0.717) is 19.6 Å². The number of piperidine rings is 1. The van der Waals surface area contributed by atoms with Crippen LogP contribution >= 0.6 is 0 Å². The number of likely N-dealkylation sites (N-methyl/N-ethyl adjacent to an activating group) is 1. The van der Waals surface area contributed by atoms with Crippen LogP contribution in [0, 0.1) is 0 Å². The molecule has 0 N–H and O–H groups in total. The molecule has 2 aromatic rings. The highest BCUT2D eigenvalue weighted by atomic mass is 16.2. The van der Waals surface area contributed by atoms with Crippen molar-refractivity contribution in [2.75, 3.05) is 39.8 Å². The Morgan fingerprint density at radius 2 is 1.58 bits per heavy atom. The van der Waals surface area contributed by atoms with Gasteiger partial charge in [0.1, 0.15) is 11.7 Å². The zero-order chi connectivity index (χ0) is 21.4. The van der Waals surface area contributed by atoms with Gasteiger partial charge in [-0.3, -0.25) is 14.5 Å². The predicted octanol–water partition coefficient (Wildman–Crippen LogP) is 2.28. The van der Waals surface area contributed by atoms with E-state index < -0.39 is 0 Å². The van der Waals surface area contributed by atoms with E-state index in [2.05, 4.69) is 33.9 Å². The summed E-state index contributed by atoms with van der Waals surface area (Å²) in [5.41, 5.74) is 1.59. The van der Waals surface area contributed by atoms with Crippen molar-refractivity contribution in [2.24, 2.45) is 0 Å². The topological polar surface area (TPSA) is 47.1 Å². The third-order valence-corrected chi connectivity index (χ3v) is 7.23. The van der Waals surface area contributed by atoms with Gasteiger partial charge in [-0.15, -0.1) is 0 Å². The Morgan fingerprint density at radius 1 is 0.935 bits per heavy atom. The molecule has 6 nitrogen and oxygen atoms in total. The van der Waals surface area contributed by atoms with Gasteiger partial charge in [0.25, 0.3) is 5.91 Å². The number of benzene rings is 2. The Morgan fingerprint density at radius 3 is 2.26 bits per heavy atom. The van der Waals surface area contributed by atoms with Crippen LogP contribution in [0.2, 0.25) is 0 Å². The maximum atomic E-state index is 13.6. The predicted molar refractivity (Wildman–Crippen MR) is 119 cm³/mol. The maximum Gasteiger partial charge on any atom is 0.253 e. The lowest BCUT2D eigenvalue weighted by Crippen LogP contribution is -2.63. The first-order valence-electron chi connectivity index (χ1n) is 11.2. The van der Waals surface area contributed by atoms with E-state index >= 15 is 0 Å². The van der Waals surface area contributed by atoms with Crippen LogP contribution in [0.25, 0.3) is 0 Å². The molecule has 2 amide bonds. The van der Waals surface area contributed by atoms with Crippen LogP contribution in [0.3, 0.4) is 0 Å². The minimum Gasteiger partial charge on any atom is -0.338 e. The van der Waals surface area contributed by atoms with Crippen molar-refractivity contribution >= 4 is 11.8 Å². The number of nitrogens with zero attached hydrogens (tertiary/aromatic N) is 4. The Bertz CT molecular complexity index is 941. The Kier molecular flexibility index (Phi) is 5.28. The lowest BCUT2D eigenvalue weighted by Gasteiger charge is -2.50. The van der Waals surface area contributed by atoms with Crippen molar-refractivity contribution in [3.05, 3.63) is 71.8 Å². The number of hydrogen-bond donors (Lipinski definition) is 0. The minimum absolute atomic E-state index is 0.0844. The normalized spacial score (nSPS) is 23.9. The molecular formula is C25H30N4O2. The smallest absolute Gasteiger partial charge is 0.253 e. The Balaban J connectivity index is 1.41. The molecule has 162 valence electrons. The summed E-state index contributed by atoms with van der Waals surface area (Å²) < 4.78 is 0. The van der Waals surface area contributed by atoms with Crippen LogP contribution in [0.5, 0.6) is 0 Å².